The van der Waals surface area contributed by atoms with E-state index in [9.17, 15) is 5.11 Å². The van der Waals surface area contributed by atoms with Crippen LogP contribution in [0.2, 0.25) is 5.02 Å². The molecule has 1 aromatic heterocycles. The van der Waals surface area contributed by atoms with Crippen LogP contribution >= 0.6 is 11.6 Å². The summed E-state index contributed by atoms with van der Waals surface area (Å²) >= 11 is 6.26. The lowest BCUT2D eigenvalue weighted by Gasteiger charge is -2.28. The SMILES string of the molecule is CCCOc1c(CN2CCn3nc(CO)cc3C2)cc(Cl)cc1OC. The van der Waals surface area contributed by atoms with Crippen molar-refractivity contribution in [3.63, 3.8) is 0 Å². The van der Waals surface area contributed by atoms with Gasteiger partial charge in [0.05, 0.1) is 38.3 Å². The third-order valence-corrected chi connectivity index (χ3v) is 4.47. The van der Waals surface area contributed by atoms with Gasteiger partial charge in [0.25, 0.3) is 0 Å². The van der Waals surface area contributed by atoms with Crippen LogP contribution in [0.4, 0.5) is 0 Å². The fourth-order valence-electron chi connectivity index (χ4n) is 3.09. The van der Waals surface area contributed by atoms with Crippen LogP contribution < -0.4 is 9.47 Å². The van der Waals surface area contributed by atoms with E-state index in [-0.39, 0.29) is 6.61 Å². The van der Waals surface area contributed by atoms with Crippen LogP contribution in [0.3, 0.4) is 0 Å². The van der Waals surface area contributed by atoms with Crippen molar-refractivity contribution in [1.29, 1.82) is 0 Å². The van der Waals surface area contributed by atoms with Crippen LogP contribution in [0.25, 0.3) is 0 Å². The summed E-state index contributed by atoms with van der Waals surface area (Å²) in [5.74, 6) is 1.43. The van der Waals surface area contributed by atoms with Crippen LogP contribution in [0.15, 0.2) is 18.2 Å². The van der Waals surface area contributed by atoms with Gasteiger partial charge in [-0.05, 0) is 18.6 Å². The number of aliphatic hydroxyl groups is 1. The van der Waals surface area contributed by atoms with Crippen LogP contribution in [0, 0.1) is 0 Å². The van der Waals surface area contributed by atoms with Crippen molar-refractivity contribution in [2.45, 2.75) is 39.6 Å². The molecule has 0 bridgehead atoms. The second kappa shape index (κ2) is 8.08. The van der Waals surface area contributed by atoms with Gasteiger partial charge in [-0.1, -0.05) is 18.5 Å². The molecule has 0 saturated carbocycles. The number of aliphatic hydroxyl groups excluding tert-OH is 1. The Morgan fingerprint density at radius 2 is 2.12 bits per heavy atom. The molecule has 25 heavy (non-hydrogen) atoms. The predicted octanol–water partition coefficient (Wildman–Crippen LogP) is 2.84. The zero-order valence-electron chi connectivity index (χ0n) is 14.7. The molecule has 7 heteroatoms. The lowest BCUT2D eigenvalue weighted by Crippen LogP contribution is -2.33. The first-order valence-corrected chi connectivity index (χ1v) is 8.90. The lowest BCUT2D eigenvalue weighted by atomic mass is 10.1. The highest BCUT2D eigenvalue weighted by atomic mass is 35.5. The first-order valence-electron chi connectivity index (χ1n) is 8.52. The molecule has 1 N–H and O–H groups in total. The Bertz CT molecular complexity index is 733. The average Bonchev–Trinajstić information content (AvgIpc) is 3.03. The third kappa shape index (κ3) is 4.08. The summed E-state index contributed by atoms with van der Waals surface area (Å²) in [4.78, 5) is 2.32. The maximum Gasteiger partial charge on any atom is 0.165 e. The van der Waals surface area contributed by atoms with E-state index in [1.807, 2.05) is 16.8 Å². The standard InChI is InChI=1S/C18H24ClN3O3/c1-3-6-25-18-13(7-14(19)8-17(18)24-2)10-21-4-5-22-16(11-21)9-15(12-23)20-22/h7-9,23H,3-6,10-12H2,1-2H3. The first-order chi connectivity index (χ1) is 12.1. The van der Waals surface area contributed by atoms with Crippen LogP contribution in [-0.4, -0.2) is 40.0 Å². The molecule has 0 saturated heterocycles. The molecule has 1 aromatic carbocycles. The van der Waals surface area contributed by atoms with Gasteiger partial charge in [0.1, 0.15) is 0 Å². The Kier molecular flexibility index (Phi) is 5.83. The number of aromatic nitrogens is 2. The van der Waals surface area contributed by atoms with Gasteiger partial charge in [-0.3, -0.25) is 9.58 Å². The van der Waals surface area contributed by atoms with Crippen molar-refractivity contribution in [3.8, 4) is 11.5 Å². The van der Waals surface area contributed by atoms with E-state index < -0.39 is 0 Å². The molecule has 1 aliphatic rings. The molecule has 2 aromatic rings. The van der Waals surface area contributed by atoms with E-state index in [0.29, 0.717) is 23.1 Å². The number of fused-ring (bicyclic) bond motifs is 1. The normalized spacial score (nSPS) is 14.4. The summed E-state index contributed by atoms with van der Waals surface area (Å²) < 4.78 is 13.4. The van der Waals surface area contributed by atoms with Gasteiger partial charge in [0, 0.05) is 36.3 Å². The first kappa shape index (κ1) is 18.0. The number of methoxy groups -OCH3 is 1. The van der Waals surface area contributed by atoms with E-state index in [2.05, 4.69) is 16.9 Å². The number of rotatable bonds is 7. The summed E-state index contributed by atoms with van der Waals surface area (Å²) in [6.07, 6.45) is 0.929. The zero-order valence-corrected chi connectivity index (χ0v) is 15.4. The summed E-state index contributed by atoms with van der Waals surface area (Å²) in [6, 6.07) is 5.69. The monoisotopic (exact) mass is 365 g/mol. The Balaban J connectivity index is 1.81. The molecule has 0 fully saturated rings. The predicted molar refractivity (Wildman–Crippen MR) is 96.1 cm³/mol. The Morgan fingerprint density at radius 1 is 1.28 bits per heavy atom. The molecular formula is C18H24ClN3O3. The molecule has 0 atom stereocenters. The number of halogens is 1. The maximum atomic E-state index is 9.26. The molecule has 6 nitrogen and oxygen atoms in total. The smallest absolute Gasteiger partial charge is 0.165 e. The minimum atomic E-state index is -0.0273. The van der Waals surface area contributed by atoms with Crippen molar-refractivity contribution in [1.82, 2.24) is 14.7 Å². The second-order valence-electron chi connectivity index (χ2n) is 6.16. The van der Waals surface area contributed by atoms with Gasteiger partial charge in [0.15, 0.2) is 11.5 Å². The van der Waals surface area contributed by atoms with Crippen molar-refractivity contribution in [2.75, 3.05) is 20.3 Å². The Hall–Kier alpha value is -1.76. The molecule has 3 rings (SSSR count). The van der Waals surface area contributed by atoms with Gasteiger partial charge in [-0.2, -0.15) is 5.10 Å². The summed E-state index contributed by atoms with van der Waals surface area (Å²) in [5.41, 5.74) is 2.85. The highest BCUT2D eigenvalue weighted by Crippen LogP contribution is 2.36. The van der Waals surface area contributed by atoms with Crippen molar-refractivity contribution in [3.05, 3.63) is 40.2 Å². The summed E-state index contributed by atoms with van der Waals surface area (Å²) in [6.45, 7) is 5.86. The average molecular weight is 366 g/mol. The van der Waals surface area contributed by atoms with E-state index in [0.717, 1.165) is 49.6 Å². The molecular weight excluding hydrogens is 342 g/mol. The summed E-state index contributed by atoms with van der Waals surface area (Å²) in [5, 5.41) is 14.3. The van der Waals surface area contributed by atoms with Crippen molar-refractivity contribution in [2.24, 2.45) is 0 Å². The molecule has 136 valence electrons. The van der Waals surface area contributed by atoms with E-state index in [4.69, 9.17) is 21.1 Å². The fourth-order valence-corrected chi connectivity index (χ4v) is 3.32. The molecule has 0 aliphatic carbocycles. The van der Waals surface area contributed by atoms with Gasteiger partial charge in [-0.25, -0.2) is 0 Å². The zero-order chi connectivity index (χ0) is 17.8. The largest absolute Gasteiger partial charge is 0.493 e. The number of hydrogen-bond acceptors (Lipinski definition) is 5. The molecule has 0 radical (unpaired) electrons. The maximum absolute atomic E-state index is 9.26. The molecule has 1 aliphatic heterocycles. The van der Waals surface area contributed by atoms with Crippen LogP contribution in [0.5, 0.6) is 11.5 Å². The van der Waals surface area contributed by atoms with Crippen molar-refractivity contribution < 1.29 is 14.6 Å². The Morgan fingerprint density at radius 3 is 2.84 bits per heavy atom. The Labute approximate surface area is 152 Å². The van der Waals surface area contributed by atoms with Crippen LogP contribution in [-0.2, 0) is 26.2 Å². The molecule has 0 amide bonds. The minimum absolute atomic E-state index is 0.0273. The van der Waals surface area contributed by atoms with Crippen molar-refractivity contribution >= 4 is 11.6 Å². The van der Waals surface area contributed by atoms with Gasteiger partial charge >= 0.3 is 0 Å². The number of benzene rings is 1. The summed E-state index contributed by atoms with van der Waals surface area (Å²) in [7, 11) is 1.63. The highest BCUT2D eigenvalue weighted by Gasteiger charge is 2.21. The van der Waals surface area contributed by atoms with E-state index in [1.54, 1.807) is 13.2 Å². The quantitative estimate of drug-likeness (QED) is 0.817. The number of nitrogens with zero attached hydrogens (tertiary/aromatic N) is 3. The second-order valence-corrected chi connectivity index (χ2v) is 6.60. The third-order valence-electron chi connectivity index (χ3n) is 4.25. The van der Waals surface area contributed by atoms with Gasteiger partial charge in [0.2, 0.25) is 0 Å². The molecule has 0 unspecified atom stereocenters. The van der Waals surface area contributed by atoms with Gasteiger partial charge in [-0.15, -0.1) is 0 Å². The highest BCUT2D eigenvalue weighted by molar-refractivity contribution is 6.30. The minimum Gasteiger partial charge on any atom is -0.493 e. The van der Waals surface area contributed by atoms with E-state index in [1.165, 1.54) is 0 Å². The topological polar surface area (TPSA) is 59.8 Å². The van der Waals surface area contributed by atoms with E-state index >= 15 is 0 Å². The lowest BCUT2D eigenvalue weighted by molar-refractivity contribution is 0.199. The number of ether oxygens (including phenoxy) is 2. The molecule has 0 spiro atoms. The van der Waals surface area contributed by atoms with Gasteiger partial charge < -0.3 is 14.6 Å². The van der Waals surface area contributed by atoms with Crippen LogP contribution in [0.1, 0.15) is 30.3 Å². The molecule has 2 heterocycles. The fraction of sp³-hybridized carbons (Fsp3) is 0.500. The number of hydrogen-bond donors (Lipinski definition) is 1.